The first-order valence-electron chi connectivity index (χ1n) is 7.70. The van der Waals surface area contributed by atoms with Gasteiger partial charge in [-0.25, -0.2) is 0 Å². The molecule has 0 radical (unpaired) electrons. The predicted molar refractivity (Wildman–Crippen MR) is 92.7 cm³/mol. The minimum atomic E-state index is -0.0428. The Kier molecular flexibility index (Phi) is 6.14. The Labute approximate surface area is 136 Å². The lowest BCUT2D eigenvalue weighted by Gasteiger charge is -2.29. The van der Waals surface area contributed by atoms with Crippen molar-refractivity contribution >= 4 is 29.0 Å². The number of carbonyl (C=O) groups excluding carboxylic acids is 1. The molecule has 0 aliphatic carbocycles. The molecule has 2 rings (SSSR count). The van der Waals surface area contributed by atoms with E-state index in [0.29, 0.717) is 5.92 Å². The van der Waals surface area contributed by atoms with E-state index in [1.165, 1.54) is 4.88 Å². The summed E-state index contributed by atoms with van der Waals surface area (Å²) in [5, 5.41) is 5.67. The lowest BCUT2D eigenvalue weighted by molar-refractivity contribution is -0.132. The summed E-state index contributed by atoms with van der Waals surface area (Å²) in [6.07, 6.45) is 4.24. The van der Waals surface area contributed by atoms with Crippen molar-refractivity contribution in [3.8, 4) is 0 Å². The molecule has 4 unspecified atom stereocenters. The quantitative estimate of drug-likeness (QED) is 0.828. The summed E-state index contributed by atoms with van der Waals surface area (Å²) in [4.78, 5) is 16.2. The van der Waals surface area contributed by atoms with E-state index in [-0.39, 0.29) is 24.2 Å². The molecule has 0 aromatic carbocycles. The van der Waals surface area contributed by atoms with Gasteiger partial charge in [-0.15, -0.1) is 11.3 Å². The van der Waals surface area contributed by atoms with Crippen LogP contribution < -0.4 is 5.32 Å². The maximum Gasteiger partial charge on any atom is 0.241 e. The third kappa shape index (κ3) is 3.63. The average Bonchev–Trinajstić information content (AvgIpc) is 3.11. The SMILES string of the molecule is CCC(C)C1NC(c2cccs2)N(C(C)CCSC)C1=O. The highest BCUT2D eigenvalue weighted by molar-refractivity contribution is 7.98. The van der Waals surface area contributed by atoms with Crippen LogP contribution in [0, 0.1) is 5.92 Å². The van der Waals surface area contributed by atoms with Crippen LogP contribution in [0.2, 0.25) is 0 Å². The Morgan fingerprint density at radius 3 is 2.81 bits per heavy atom. The van der Waals surface area contributed by atoms with Crippen LogP contribution in [0.4, 0.5) is 0 Å². The summed E-state index contributed by atoms with van der Waals surface area (Å²) < 4.78 is 0. The molecular weight excluding hydrogens is 300 g/mol. The van der Waals surface area contributed by atoms with Gasteiger partial charge < -0.3 is 4.90 Å². The van der Waals surface area contributed by atoms with Crippen LogP contribution in [0.1, 0.15) is 44.7 Å². The van der Waals surface area contributed by atoms with Crippen LogP contribution >= 0.6 is 23.1 Å². The van der Waals surface area contributed by atoms with Gasteiger partial charge in [0.15, 0.2) is 0 Å². The molecule has 21 heavy (non-hydrogen) atoms. The molecule has 4 atom stereocenters. The van der Waals surface area contributed by atoms with Gasteiger partial charge in [-0.1, -0.05) is 26.3 Å². The first kappa shape index (κ1) is 16.8. The number of thiophene rings is 1. The third-order valence-electron chi connectivity index (χ3n) is 4.38. The molecule has 1 aliphatic heterocycles. The van der Waals surface area contributed by atoms with Gasteiger partial charge in [0.05, 0.1) is 6.04 Å². The van der Waals surface area contributed by atoms with Crippen LogP contribution in [0.3, 0.4) is 0 Å². The van der Waals surface area contributed by atoms with Crippen molar-refractivity contribution in [2.24, 2.45) is 5.92 Å². The van der Waals surface area contributed by atoms with Crippen molar-refractivity contribution in [1.82, 2.24) is 10.2 Å². The van der Waals surface area contributed by atoms with Crippen LogP contribution in [0.15, 0.2) is 17.5 Å². The normalized spacial score (nSPS) is 25.3. The van der Waals surface area contributed by atoms with Crippen molar-refractivity contribution < 1.29 is 4.79 Å². The van der Waals surface area contributed by atoms with Gasteiger partial charge in [0.25, 0.3) is 0 Å². The fourth-order valence-electron chi connectivity index (χ4n) is 2.82. The van der Waals surface area contributed by atoms with E-state index in [4.69, 9.17) is 0 Å². The number of hydrogen-bond acceptors (Lipinski definition) is 4. The second-order valence-corrected chi connectivity index (χ2v) is 7.79. The summed E-state index contributed by atoms with van der Waals surface area (Å²) in [6.45, 7) is 6.49. The van der Waals surface area contributed by atoms with Crippen LogP contribution in [-0.4, -0.2) is 34.9 Å². The molecule has 0 spiro atoms. The Bertz CT molecular complexity index is 449. The van der Waals surface area contributed by atoms with Crippen molar-refractivity contribution in [1.29, 1.82) is 0 Å². The van der Waals surface area contributed by atoms with E-state index < -0.39 is 0 Å². The fourth-order valence-corrected chi connectivity index (χ4v) is 4.18. The van der Waals surface area contributed by atoms with E-state index in [9.17, 15) is 4.79 Å². The lowest BCUT2D eigenvalue weighted by atomic mass is 9.99. The monoisotopic (exact) mass is 326 g/mol. The number of amides is 1. The molecule has 1 aromatic rings. The van der Waals surface area contributed by atoms with Gasteiger partial charge >= 0.3 is 0 Å². The molecule has 1 aliphatic rings. The molecule has 3 nitrogen and oxygen atoms in total. The maximum absolute atomic E-state index is 12.9. The Morgan fingerprint density at radius 1 is 1.48 bits per heavy atom. The van der Waals surface area contributed by atoms with Gasteiger partial charge in [-0.05, 0) is 42.7 Å². The highest BCUT2D eigenvalue weighted by Crippen LogP contribution is 2.33. The van der Waals surface area contributed by atoms with E-state index in [1.54, 1.807) is 11.3 Å². The van der Waals surface area contributed by atoms with Crippen molar-refractivity contribution in [2.45, 2.75) is 51.9 Å². The average molecular weight is 327 g/mol. The minimum Gasteiger partial charge on any atom is -0.318 e. The molecule has 1 amide bonds. The smallest absolute Gasteiger partial charge is 0.241 e. The first-order chi connectivity index (χ1) is 10.1. The van der Waals surface area contributed by atoms with Gasteiger partial charge in [0.1, 0.15) is 6.17 Å². The van der Waals surface area contributed by atoms with Gasteiger partial charge in [0.2, 0.25) is 5.91 Å². The van der Waals surface area contributed by atoms with Crippen molar-refractivity contribution in [3.05, 3.63) is 22.4 Å². The zero-order valence-electron chi connectivity index (χ0n) is 13.3. The maximum atomic E-state index is 12.9. The topological polar surface area (TPSA) is 32.3 Å². The van der Waals surface area contributed by atoms with Gasteiger partial charge in [-0.2, -0.15) is 11.8 Å². The van der Waals surface area contributed by atoms with Crippen LogP contribution in [0.25, 0.3) is 0 Å². The zero-order valence-corrected chi connectivity index (χ0v) is 15.0. The first-order valence-corrected chi connectivity index (χ1v) is 9.98. The van der Waals surface area contributed by atoms with Crippen molar-refractivity contribution in [2.75, 3.05) is 12.0 Å². The number of nitrogens with zero attached hydrogens (tertiary/aromatic N) is 1. The van der Waals surface area contributed by atoms with Gasteiger partial charge in [-0.3, -0.25) is 10.1 Å². The Hall–Kier alpha value is -0.520. The van der Waals surface area contributed by atoms with Gasteiger partial charge in [0, 0.05) is 10.9 Å². The molecule has 118 valence electrons. The molecule has 0 saturated carbocycles. The Balaban J connectivity index is 2.21. The Morgan fingerprint density at radius 2 is 2.24 bits per heavy atom. The third-order valence-corrected chi connectivity index (χ3v) is 5.95. The number of nitrogens with one attached hydrogen (secondary N) is 1. The molecule has 1 saturated heterocycles. The molecule has 1 fully saturated rings. The molecule has 1 N–H and O–H groups in total. The molecule has 5 heteroatoms. The summed E-state index contributed by atoms with van der Waals surface area (Å²) in [7, 11) is 0. The summed E-state index contributed by atoms with van der Waals surface area (Å²) in [6, 6.07) is 4.42. The number of thioether (sulfide) groups is 1. The fraction of sp³-hybridized carbons (Fsp3) is 0.688. The molecule has 1 aromatic heterocycles. The lowest BCUT2D eigenvalue weighted by Crippen LogP contribution is -2.39. The summed E-state index contributed by atoms with van der Waals surface area (Å²) in [5.74, 6) is 1.74. The molecule has 0 bridgehead atoms. The highest BCUT2D eigenvalue weighted by Gasteiger charge is 2.43. The summed E-state index contributed by atoms with van der Waals surface area (Å²) in [5.41, 5.74) is 0. The standard InChI is InChI=1S/C16H26N2OS2/c1-5-11(2)14-16(19)18(12(3)8-10-20-4)15(17-14)13-7-6-9-21-13/h6-7,9,11-12,14-15,17H,5,8,10H2,1-4H3. The van der Waals surface area contributed by atoms with Crippen LogP contribution in [0.5, 0.6) is 0 Å². The minimum absolute atomic E-state index is 0.0428. The largest absolute Gasteiger partial charge is 0.318 e. The van der Waals surface area contributed by atoms with E-state index in [2.05, 4.69) is 54.8 Å². The van der Waals surface area contributed by atoms with Crippen molar-refractivity contribution in [3.63, 3.8) is 0 Å². The summed E-state index contributed by atoms with van der Waals surface area (Å²) >= 11 is 3.57. The zero-order chi connectivity index (χ0) is 15.4. The molecular formula is C16H26N2OS2. The number of hydrogen-bond donors (Lipinski definition) is 1. The van der Waals surface area contributed by atoms with E-state index in [1.807, 2.05) is 11.8 Å². The predicted octanol–water partition coefficient (Wildman–Crippen LogP) is 3.73. The van der Waals surface area contributed by atoms with E-state index >= 15 is 0 Å². The number of rotatable bonds is 7. The van der Waals surface area contributed by atoms with E-state index in [0.717, 1.165) is 18.6 Å². The second-order valence-electron chi connectivity index (χ2n) is 5.82. The molecule has 2 heterocycles. The highest BCUT2D eigenvalue weighted by atomic mass is 32.2. The van der Waals surface area contributed by atoms with Crippen LogP contribution in [-0.2, 0) is 4.79 Å². The second kappa shape index (κ2) is 7.65. The number of carbonyl (C=O) groups is 1.